The molecule has 0 spiro atoms. The first-order chi connectivity index (χ1) is 12.9. The Morgan fingerprint density at radius 1 is 1.07 bits per heavy atom. The number of carbonyl (C=O) groups excluding carboxylic acids is 3. The molecule has 6 heteroatoms. The first-order valence-electron chi connectivity index (χ1n) is 8.81. The number of Topliss-reactive ketones (excluding diaryl/α,β-unsaturated/α-hetero) is 1. The molecule has 0 radical (unpaired) electrons. The lowest BCUT2D eigenvalue weighted by atomic mass is 10.1. The predicted molar refractivity (Wildman–Crippen MR) is 102 cm³/mol. The number of rotatable bonds is 6. The van der Waals surface area contributed by atoms with Crippen molar-refractivity contribution < 1.29 is 19.1 Å². The minimum absolute atomic E-state index is 0.160. The summed E-state index contributed by atoms with van der Waals surface area (Å²) >= 11 is 5.82. The number of carbonyl (C=O) groups is 3. The largest absolute Gasteiger partial charge is 0.451 e. The Morgan fingerprint density at radius 3 is 2.30 bits per heavy atom. The summed E-state index contributed by atoms with van der Waals surface area (Å²) in [5, 5.41) is 0.534. The molecule has 0 N–H and O–H groups in total. The number of ether oxygens (including phenoxy) is 1. The van der Waals surface area contributed by atoms with Crippen LogP contribution in [0.3, 0.4) is 0 Å². The zero-order valence-corrected chi connectivity index (χ0v) is 15.7. The fourth-order valence-electron chi connectivity index (χ4n) is 2.97. The number of hydrogen-bond acceptors (Lipinski definition) is 4. The normalized spacial score (nSPS) is 14.9. The van der Waals surface area contributed by atoms with E-state index in [0.29, 0.717) is 29.1 Å². The van der Waals surface area contributed by atoms with E-state index in [1.807, 2.05) is 0 Å². The van der Waals surface area contributed by atoms with Crippen LogP contribution in [0.4, 0.5) is 0 Å². The number of ketones is 1. The van der Waals surface area contributed by atoms with Gasteiger partial charge >= 0.3 is 5.97 Å². The molecule has 1 heterocycles. The van der Waals surface area contributed by atoms with Crippen molar-refractivity contribution in [1.82, 2.24) is 4.90 Å². The Kier molecular flexibility index (Phi) is 5.91. The second-order valence-corrected chi connectivity index (χ2v) is 6.97. The van der Waals surface area contributed by atoms with Gasteiger partial charge in [-0.2, -0.15) is 0 Å². The van der Waals surface area contributed by atoms with Gasteiger partial charge in [0.1, 0.15) is 0 Å². The van der Waals surface area contributed by atoms with Crippen molar-refractivity contribution in [2.24, 2.45) is 0 Å². The average molecular weight is 386 g/mol. The van der Waals surface area contributed by atoms with Crippen molar-refractivity contribution in [3.8, 4) is 0 Å². The van der Waals surface area contributed by atoms with Crippen LogP contribution in [-0.4, -0.2) is 35.2 Å². The fraction of sp³-hybridized carbons (Fsp3) is 0.286. The van der Waals surface area contributed by atoms with Crippen LogP contribution >= 0.6 is 11.6 Å². The number of nitrogens with zero attached hydrogens (tertiary/aromatic N) is 1. The Hall–Kier alpha value is -2.66. The average Bonchev–Trinajstić information content (AvgIpc) is 3.07. The van der Waals surface area contributed by atoms with Crippen LogP contribution in [-0.2, 0) is 16.1 Å². The van der Waals surface area contributed by atoms with Gasteiger partial charge in [0, 0.05) is 30.1 Å². The molecule has 1 saturated heterocycles. The zero-order valence-electron chi connectivity index (χ0n) is 15.0. The maximum atomic E-state index is 12.3. The highest BCUT2D eigenvalue weighted by Crippen LogP contribution is 2.16. The molecule has 0 aliphatic carbocycles. The minimum Gasteiger partial charge on any atom is -0.451 e. The molecular formula is C21H20ClNO4. The first-order valence-corrected chi connectivity index (χ1v) is 9.19. The maximum absolute atomic E-state index is 12.3. The summed E-state index contributed by atoms with van der Waals surface area (Å²) in [6, 6.07) is 13.3. The number of benzene rings is 2. The molecule has 1 atom stereocenters. The van der Waals surface area contributed by atoms with Crippen molar-refractivity contribution in [2.75, 3.05) is 6.54 Å². The van der Waals surface area contributed by atoms with E-state index in [-0.39, 0.29) is 11.7 Å². The summed E-state index contributed by atoms with van der Waals surface area (Å²) in [4.78, 5) is 38.1. The lowest BCUT2D eigenvalue weighted by Crippen LogP contribution is -2.25. The van der Waals surface area contributed by atoms with Crippen molar-refractivity contribution in [1.29, 1.82) is 0 Å². The number of likely N-dealkylation sites (tertiary alicyclic amines) is 1. The van der Waals surface area contributed by atoms with E-state index >= 15 is 0 Å². The highest BCUT2D eigenvalue weighted by atomic mass is 35.5. The van der Waals surface area contributed by atoms with E-state index in [1.54, 1.807) is 60.4 Å². The van der Waals surface area contributed by atoms with Gasteiger partial charge < -0.3 is 9.64 Å². The quantitative estimate of drug-likeness (QED) is 0.559. The van der Waals surface area contributed by atoms with Gasteiger partial charge in [-0.25, -0.2) is 4.79 Å². The number of halogens is 1. The van der Waals surface area contributed by atoms with E-state index in [9.17, 15) is 14.4 Å². The van der Waals surface area contributed by atoms with Gasteiger partial charge in [-0.05, 0) is 55.3 Å². The standard InChI is InChI=1S/C21H20ClNO4/c1-14(20(25)16-8-10-18(22)11-9-16)27-21(26)17-6-4-15(5-7-17)13-23-12-2-3-19(23)24/h4-11,14H,2-3,12-13H2,1H3/t14-/m1/s1. The SMILES string of the molecule is C[C@@H](OC(=O)c1ccc(CN2CCCC2=O)cc1)C(=O)c1ccc(Cl)cc1. The van der Waals surface area contributed by atoms with Gasteiger partial charge in [0.05, 0.1) is 5.56 Å². The molecule has 2 aromatic carbocycles. The number of hydrogen-bond donors (Lipinski definition) is 0. The molecule has 3 rings (SSSR count). The Labute approximate surface area is 162 Å². The van der Waals surface area contributed by atoms with Crippen LogP contribution in [0, 0.1) is 0 Å². The molecule has 2 aromatic rings. The Morgan fingerprint density at radius 2 is 1.70 bits per heavy atom. The molecule has 1 aliphatic rings. The van der Waals surface area contributed by atoms with Gasteiger partial charge in [-0.1, -0.05) is 23.7 Å². The molecule has 1 fully saturated rings. The van der Waals surface area contributed by atoms with Crippen LogP contribution in [0.1, 0.15) is 46.0 Å². The molecule has 140 valence electrons. The van der Waals surface area contributed by atoms with Crippen molar-refractivity contribution in [3.05, 3.63) is 70.2 Å². The molecule has 5 nitrogen and oxygen atoms in total. The molecule has 1 amide bonds. The molecule has 1 aliphatic heterocycles. The first kappa shape index (κ1) is 19.1. The minimum atomic E-state index is -0.902. The fourth-order valence-corrected chi connectivity index (χ4v) is 3.09. The van der Waals surface area contributed by atoms with Crippen LogP contribution in [0.15, 0.2) is 48.5 Å². The summed E-state index contributed by atoms with van der Waals surface area (Å²) in [6.07, 6.45) is 0.591. The Balaban J connectivity index is 1.59. The summed E-state index contributed by atoms with van der Waals surface area (Å²) in [7, 11) is 0. The summed E-state index contributed by atoms with van der Waals surface area (Å²) < 4.78 is 5.29. The second-order valence-electron chi connectivity index (χ2n) is 6.53. The van der Waals surface area contributed by atoms with Crippen molar-refractivity contribution in [2.45, 2.75) is 32.4 Å². The molecule has 0 saturated carbocycles. The van der Waals surface area contributed by atoms with Crippen molar-refractivity contribution >= 4 is 29.3 Å². The molecule has 0 unspecified atom stereocenters. The van der Waals surface area contributed by atoms with Gasteiger partial charge in [-0.15, -0.1) is 0 Å². The topological polar surface area (TPSA) is 63.7 Å². The summed E-state index contributed by atoms with van der Waals surface area (Å²) in [6.45, 7) is 2.86. The molecule has 0 aromatic heterocycles. The van der Waals surface area contributed by atoms with E-state index in [0.717, 1.165) is 18.5 Å². The zero-order chi connectivity index (χ0) is 19.4. The third-order valence-electron chi connectivity index (χ3n) is 4.52. The van der Waals surface area contributed by atoms with Crippen LogP contribution in [0.2, 0.25) is 5.02 Å². The van der Waals surface area contributed by atoms with Crippen LogP contribution in [0.5, 0.6) is 0 Å². The summed E-state index contributed by atoms with van der Waals surface area (Å²) in [5.41, 5.74) is 1.75. The van der Waals surface area contributed by atoms with E-state index < -0.39 is 12.1 Å². The highest BCUT2D eigenvalue weighted by molar-refractivity contribution is 6.30. The third kappa shape index (κ3) is 4.74. The van der Waals surface area contributed by atoms with Crippen molar-refractivity contribution in [3.63, 3.8) is 0 Å². The second kappa shape index (κ2) is 8.35. The molecule has 27 heavy (non-hydrogen) atoms. The van der Waals surface area contributed by atoms with E-state index in [4.69, 9.17) is 16.3 Å². The monoisotopic (exact) mass is 385 g/mol. The van der Waals surface area contributed by atoms with Gasteiger partial charge in [0.25, 0.3) is 0 Å². The van der Waals surface area contributed by atoms with Gasteiger partial charge in [0.2, 0.25) is 11.7 Å². The smallest absolute Gasteiger partial charge is 0.338 e. The highest BCUT2D eigenvalue weighted by Gasteiger charge is 2.22. The lowest BCUT2D eigenvalue weighted by Gasteiger charge is -2.16. The van der Waals surface area contributed by atoms with E-state index in [1.165, 1.54) is 0 Å². The Bertz CT molecular complexity index is 845. The molecular weight excluding hydrogens is 366 g/mol. The van der Waals surface area contributed by atoms with Gasteiger partial charge in [-0.3, -0.25) is 9.59 Å². The lowest BCUT2D eigenvalue weighted by molar-refractivity contribution is -0.128. The summed E-state index contributed by atoms with van der Waals surface area (Å²) in [5.74, 6) is -0.689. The number of amides is 1. The number of esters is 1. The maximum Gasteiger partial charge on any atom is 0.338 e. The predicted octanol–water partition coefficient (Wildman–Crippen LogP) is 3.89. The molecule has 0 bridgehead atoms. The van der Waals surface area contributed by atoms with Gasteiger partial charge in [0.15, 0.2) is 6.10 Å². The van der Waals surface area contributed by atoms with E-state index in [2.05, 4.69) is 0 Å². The van der Waals surface area contributed by atoms with Crippen LogP contribution < -0.4 is 0 Å². The third-order valence-corrected chi connectivity index (χ3v) is 4.77. The van der Waals surface area contributed by atoms with Crippen LogP contribution in [0.25, 0.3) is 0 Å².